The number of rotatable bonds is 6. The van der Waals surface area contributed by atoms with Crippen molar-refractivity contribution >= 4 is 21.4 Å². The van der Waals surface area contributed by atoms with E-state index in [0.29, 0.717) is 30.6 Å². The van der Waals surface area contributed by atoms with Crippen LogP contribution >= 0.6 is 0 Å². The van der Waals surface area contributed by atoms with Crippen LogP contribution in [0.1, 0.15) is 25.7 Å². The van der Waals surface area contributed by atoms with Crippen LogP contribution in [0.15, 0.2) is 23.1 Å². The lowest BCUT2D eigenvalue weighted by molar-refractivity contribution is 0.0659. The molecule has 1 saturated carbocycles. The van der Waals surface area contributed by atoms with Crippen LogP contribution in [0.3, 0.4) is 0 Å². The minimum absolute atomic E-state index is 0.0471. The third-order valence-corrected chi connectivity index (χ3v) is 4.34. The second-order valence-corrected chi connectivity index (χ2v) is 6.56. The van der Waals surface area contributed by atoms with Crippen LogP contribution in [-0.2, 0) is 14.8 Å². The van der Waals surface area contributed by atoms with E-state index in [1.807, 2.05) is 0 Å². The number of ether oxygens (including phenoxy) is 1. The molecule has 0 unspecified atom stereocenters. The Kier molecular flexibility index (Phi) is 4.85. The van der Waals surface area contributed by atoms with Gasteiger partial charge in [0.05, 0.1) is 29.0 Å². The largest absolute Gasteiger partial charge is 0.397 e. The molecule has 1 aliphatic carbocycles. The summed E-state index contributed by atoms with van der Waals surface area (Å²) in [7, 11) is -3.71. The van der Waals surface area contributed by atoms with Crippen molar-refractivity contribution in [2.24, 2.45) is 5.14 Å². The van der Waals surface area contributed by atoms with Gasteiger partial charge in [-0.15, -0.1) is 0 Å². The molecular formula is C13H21N3O3S. The summed E-state index contributed by atoms with van der Waals surface area (Å²) in [5, 5.41) is 8.17. The van der Waals surface area contributed by atoms with Crippen molar-refractivity contribution in [3.05, 3.63) is 18.2 Å². The molecule has 0 aromatic heterocycles. The highest BCUT2D eigenvalue weighted by Gasteiger charge is 2.15. The molecule has 2 rings (SSSR count). The summed E-state index contributed by atoms with van der Waals surface area (Å²) in [4.78, 5) is 0.0471. The van der Waals surface area contributed by atoms with Gasteiger partial charge in [0.15, 0.2) is 0 Å². The summed E-state index contributed by atoms with van der Waals surface area (Å²) in [5.41, 5.74) is 6.84. The normalized spacial score (nSPS) is 16.4. The van der Waals surface area contributed by atoms with Crippen molar-refractivity contribution in [3.8, 4) is 0 Å². The first kappa shape index (κ1) is 15.1. The van der Waals surface area contributed by atoms with Crippen LogP contribution in [0.2, 0.25) is 0 Å². The van der Waals surface area contributed by atoms with Gasteiger partial charge in [-0.25, -0.2) is 13.6 Å². The lowest BCUT2D eigenvalue weighted by Gasteiger charge is -2.13. The Morgan fingerprint density at radius 1 is 1.30 bits per heavy atom. The number of nitrogen functional groups attached to an aromatic ring is 1. The molecule has 112 valence electrons. The predicted molar refractivity (Wildman–Crippen MR) is 78.9 cm³/mol. The minimum atomic E-state index is -3.71. The summed E-state index contributed by atoms with van der Waals surface area (Å²) < 4.78 is 28.3. The number of hydrogen-bond donors (Lipinski definition) is 3. The Bertz CT molecular complexity index is 554. The van der Waals surface area contributed by atoms with E-state index in [0.717, 1.165) is 12.8 Å². The molecule has 0 saturated heterocycles. The first-order valence-electron chi connectivity index (χ1n) is 6.74. The molecular weight excluding hydrogens is 278 g/mol. The number of hydrogen-bond acceptors (Lipinski definition) is 5. The van der Waals surface area contributed by atoms with E-state index in [2.05, 4.69) is 5.32 Å². The Hall–Kier alpha value is -1.31. The molecule has 0 bridgehead atoms. The molecule has 0 atom stereocenters. The maximum absolute atomic E-state index is 11.3. The molecule has 1 aliphatic rings. The van der Waals surface area contributed by atoms with Gasteiger partial charge < -0.3 is 15.8 Å². The highest BCUT2D eigenvalue weighted by molar-refractivity contribution is 7.89. The molecule has 0 radical (unpaired) electrons. The Labute approximate surface area is 119 Å². The Balaban J connectivity index is 1.88. The van der Waals surface area contributed by atoms with E-state index in [9.17, 15) is 8.42 Å². The number of primary sulfonamides is 1. The van der Waals surface area contributed by atoms with Crippen LogP contribution < -0.4 is 16.2 Å². The van der Waals surface area contributed by atoms with Crippen molar-refractivity contribution in [3.63, 3.8) is 0 Å². The third-order valence-electron chi connectivity index (χ3n) is 3.43. The van der Waals surface area contributed by atoms with Gasteiger partial charge in [0, 0.05) is 6.54 Å². The first-order valence-corrected chi connectivity index (χ1v) is 8.29. The fourth-order valence-corrected chi connectivity index (χ4v) is 2.87. The van der Waals surface area contributed by atoms with Crippen LogP contribution in [0.5, 0.6) is 0 Å². The Morgan fingerprint density at radius 2 is 2.00 bits per heavy atom. The number of benzene rings is 1. The second-order valence-electron chi connectivity index (χ2n) is 5.00. The van der Waals surface area contributed by atoms with Gasteiger partial charge in [-0.2, -0.15) is 0 Å². The first-order chi connectivity index (χ1) is 9.47. The van der Waals surface area contributed by atoms with Crippen molar-refractivity contribution in [2.45, 2.75) is 36.7 Å². The molecule has 1 aromatic carbocycles. The SMILES string of the molecule is Nc1ccc(S(N)(=O)=O)cc1NCCOC1CCCC1. The van der Waals surface area contributed by atoms with E-state index in [4.69, 9.17) is 15.6 Å². The summed E-state index contributed by atoms with van der Waals surface area (Å²) in [6.45, 7) is 1.15. The molecule has 20 heavy (non-hydrogen) atoms. The maximum atomic E-state index is 11.3. The van der Waals surface area contributed by atoms with Crippen LogP contribution in [-0.4, -0.2) is 27.7 Å². The van der Waals surface area contributed by atoms with Crippen molar-refractivity contribution in [1.29, 1.82) is 0 Å². The predicted octanol–water partition coefficient (Wildman–Crippen LogP) is 1.29. The molecule has 0 amide bonds. The van der Waals surface area contributed by atoms with Crippen LogP contribution in [0.4, 0.5) is 11.4 Å². The van der Waals surface area contributed by atoms with E-state index in [1.54, 1.807) is 0 Å². The summed E-state index contributed by atoms with van der Waals surface area (Å²) in [6.07, 6.45) is 5.10. The van der Waals surface area contributed by atoms with Gasteiger partial charge in [0.1, 0.15) is 0 Å². The zero-order chi connectivity index (χ0) is 14.6. The smallest absolute Gasteiger partial charge is 0.238 e. The molecule has 5 N–H and O–H groups in total. The van der Waals surface area contributed by atoms with E-state index in [1.165, 1.54) is 31.0 Å². The Morgan fingerprint density at radius 3 is 2.65 bits per heavy atom. The van der Waals surface area contributed by atoms with Crippen molar-refractivity contribution in [2.75, 3.05) is 24.2 Å². The third kappa shape index (κ3) is 4.09. The number of nitrogens with two attached hydrogens (primary N) is 2. The number of sulfonamides is 1. The van der Waals surface area contributed by atoms with Crippen LogP contribution in [0, 0.1) is 0 Å². The summed E-state index contributed by atoms with van der Waals surface area (Å²) >= 11 is 0. The average Bonchev–Trinajstić information content (AvgIpc) is 2.88. The number of nitrogens with one attached hydrogen (secondary N) is 1. The highest BCUT2D eigenvalue weighted by atomic mass is 32.2. The molecule has 1 fully saturated rings. The van der Waals surface area contributed by atoms with Crippen molar-refractivity contribution in [1.82, 2.24) is 0 Å². The topological polar surface area (TPSA) is 107 Å². The van der Waals surface area contributed by atoms with E-state index < -0.39 is 10.0 Å². The fourth-order valence-electron chi connectivity index (χ4n) is 2.33. The summed E-state index contributed by atoms with van der Waals surface area (Å²) in [6, 6.07) is 4.37. The molecule has 6 nitrogen and oxygen atoms in total. The standard InChI is InChI=1S/C13H21N3O3S/c14-12-6-5-11(20(15,17)18)9-13(12)16-7-8-19-10-3-1-2-4-10/h5-6,9-10,16H,1-4,7-8,14H2,(H2,15,17,18). The van der Waals surface area contributed by atoms with Gasteiger partial charge in [0.25, 0.3) is 0 Å². The van der Waals surface area contributed by atoms with Gasteiger partial charge in [-0.05, 0) is 31.0 Å². The molecule has 0 aliphatic heterocycles. The highest BCUT2D eigenvalue weighted by Crippen LogP contribution is 2.23. The van der Waals surface area contributed by atoms with Crippen molar-refractivity contribution < 1.29 is 13.2 Å². The quantitative estimate of drug-likeness (QED) is 0.542. The molecule has 1 aromatic rings. The average molecular weight is 299 g/mol. The minimum Gasteiger partial charge on any atom is -0.397 e. The van der Waals surface area contributed by atoms with Crippen LogP contribution in [0.25, 0.3) is 0 Å². The van der Waals surface area contributed by atoms with Gasteiger partial charge in [-0.1, -0.05) is 12.8 Å². The van der Waals surface area contributed by atoms with E-state index in [-0.39, 0.29) is 4.90 Å². The van der Waals surface area contributed by atoms with Gasteiger partial charge >= 0.3 is 0 Å². The zero-order valence-corrected chi connectivity index (χ0v) is 12.2. The van der Waals surface area contributed by atoms with Gasteiger partial charge in [-0.3, -0.25) is 0 Å². The fraction of sp³-hybridized carbons (Fsp3) is 0.538. The number of anilines is 2. The maximum Gasteiger partial charge on any atom is 0.238 e. The molecule has 0 spiro atoms. The van der Waals surface area contributed by atoms with E-state index >= 15 is 0 Å². The lowest BCUT2D eigenvalue weighted by Crippen LogP contribution is -2.17. The van der Waals surface area contributed by atoms with Gasteiger partial charge in [0.2, 0.25) is 10.0 Å². The summed E-state index contributed by atoms with van der Waals surface area (Å²) in [5.74, 6) is 0. The lowest BCUT2D eigenvalue weighted by atomic mass is 10.2. The monoisotopic (exact) mass is 299 g/mol. The second kappa shape index (κ2) is 6.43. The molecule has 0 heterocycles. The zero-order valence-electron chi connectivity index (χ0n) is 11.3. The molecule has 7 heteroatoms.